The van der Waals surface area contributed by atoms with Gasteiger partial charge in [-0.15, -0.1) is 0 Å². The fourth-order valence-corrected chi connectivity index (χ4v) is 9.56. The van der Waals surface area contributed by atoms with Crippen molar-refractivity contribution in [3.05, 3.63) is 23.8 Å². The molecule has 152 valence electrons. The van der Waals surface area contributed by atoms with Gasteiger partial charge in [0, 0.05) is 6.42 Å². The number of carbonyl (C=O) groups is 1. The van der Waals surface area contributed by atoms with E-state index < -0.39 is 5.79 Å². The molecule has 1 saturated heterocycles. The van der Waals surface area contributed by atoms with Crippen LogP contribution >= 0.6 is 0 Å². The molecule has 3 nitrogen and oxygen atoms in total. The van der Waals surface area contributed by atoms with Gasteiger partial charge in [-0.05, 0) is 91.4 Å². The maximum atomic E-state index is 12.8. The van der Waals surface area contributed by atoms with Crippen molar-refractivity contribution in [1.82, 2.24) is 0 Å². The lowest BCUT2D eigenvalue weighted by Crippen LogP contribution is -2.55. The molecule has 0 aromatic heterocycles. The molecule has 0 N–H and O–H groups in total. The van der Waals surface area contributed by atoms with Gasteiger partial charge in [0.25, 0.3) is 0 Å². The van der Waals surface area contributed by atoms with Crippen LogP contribution in [0, 0.1) is 34.0 Å². The van der Waals surface area contributed by atoms with Crippen molar-refractivity contribution in [3.8, 4) is 0 Å². The molecule has 0 aromatic carbocycles. The Labute approximate surface area is 168 Å². The van der Waals surface area contributed by atoms with Gasteiger partial charge in [0.15, 0.2) is 0 Å². The second-order valence-corrected chi connectivity index (χ2v) is 10.9. The Morgan fingerprint density at radius 3 is 2.68 bits per heavy atom. The average molecular weight is 383 g/mol. The summed E-state index contributed by atoms with van der Waals surface area (Å²) < 4.78 is 11.8. The fourth-order valence-electron chi connectivity index (χ4n) is 9.56. The summed E-state index contributed by atoms with van der Waals surface area (Å²) in [5, 5.41) is 0. The van der Waals surface area contributed by atoms with Crippen LogP contribution in [-0.2, 0) is 14.3 Å². The first-order valence-electron chi connectivity index (χ1n) is 11.6. The molecule has 6 atom stereocenters. The summed E-state index contributed by atoms with van der Waals surface area (Å²) >= 11 is 0. The molecule has 5 fully saturated rings. The van der Waals surface area contributed by atoms with Crippen LogP contribution in [-0.4, -0.2) is 24.8 Å². The Morgan fingerprint density at radius 1 is 1.18 bits per heavy atom. The van der Waals surface area contributed by atoms with Gasteiger partial charge in [-0.2, -0.15) is 0 Å². The number of rotatable bonds is 1. The van der Waals surface area contributed by atoms with E-state index in [2.05, 4.69) is 20.4 Å². The summed E-state index contributed by atoms with van der Waals surface area (Å²) in [6.07, 6.45) is 12.9. The highest BCUT2D eigenvalue weighted by Crippen LogP contribution is 2.82. The van der Waals surface area contributed by atoms with Gasteiger partial charge in [-0.3, -0.25) is 4.79 Å². The Morgan fingerprint density at radius 2 is 1.96 bits per heavy atom. The highest BCUT2D eigenvalue weighted by molar-refractivity contribution is 5.97. The van der Waals surface area contributed by atoms with Gasteiger partial charge in [0.2, 0.25) is 11.6 Å². The van der Waals surface area contributed by atoms with E-state index in [0.717, 1.165) is 18.8 Å². The van der Waals surface area contributed by atoms with Gasteiger partial charge in [-0.25, -0.2) is 0 Å². The van der Waals surface area contributed by atoms with E-state index in [0.29, 0.717) is 41.3 Å². The molecule has 3 heteroatoms. The highest BCUT2D eigenvalue weighted by Gasteiger charge is 2.74. The topological polar surface area (TPSA) is 35.5 Å². The van der Waals surface area contributed by atoms with Gasteiger partial charge in [0.1, 0.15) is 0 Å². The Kier molecular flexibility index (Phi) is 3.45. The highest BCUT2D eigenvalue weighted by atomic mass is 16.7. The molecule has 0 aromatic rings. The minimum Gasteiger partial charge on any atom is -0.341 e. The SMILES string of the molecule is C=C1CC23CC[C@@]1(CC)[C@@]2(C)CC[C@H]1[C@H]3CCC2=CC(=O)C3(C[C@@H]21)OCCO3. The molecule has 1 unspecified atom stereocenters. The van der Waals surface area contributed by atoms with Crippen LogP contribution in [0.4, 0.5) is 0 Å². The zero-order valence-corrected chi connectivity index (χ0v) is 17.5. The first-order chi connectivity index (χ1) is 13.4. The molecule has 5 aliphatic carbocycles. The number of hydrogen-bond acceptors (Lipinski definition) is 3. The van der Waals surface area contributed by atoms with Crippen molar-refractivity contribution < 1.29 is 14.3 Å². The van der Waals surface area contributed by atoms with E-state index in [1.165, 1.54) is 50.5 Å². The van der Waals surface area contributed by atoms with Crippen molar-refractivity contribution in [2.45, 2.75) is 77.4 Å². The molecule has 0 radical (unpaired) electrons. The third-order valence-corrected chi connectivity index (χ3v) is 10.8. The molecule has 1 spiro atoms. The summed E-state index contributed by atoms with van der Waals surface area (Å²) in [5.74, 6) is 1.03. The molecule has 1 heterocycles. The molecular formula is C25H34O3. The largest absolute Gasteiger partial charge is 0.341 e. The lowest BCUT2D eigenvalue weighted by Gasteiger charge is -2.60. The summed E-state index contributed by atoms with van der Waals surface area (Å²) in [4.78, 5) is 12.8. The second-order valence-electron chi connectivity index (χ2n) is 10.9. The van der Waals surface area contributed by atoms with Gasteiger partial charge in [0.05, 0.1) is 13.2 Å². The molecule has 28 heavy (non-hydrogen) atoms. The van der Waals surface area contributed by atoms with Gasteiger partial charge >= 0.3 is 0 Å². The Hall–Kier alpha value is -0.930. The van der Waals surface area contributed by atoms with Crippen LogP contribution in [0.5, 0.6) is 0 Å². The van der Waals surface area contributed by atoms with E-state index in [1.807, 2.05) is 6.08 Å². The minimum atomic E-state index is -0.962. The molecule has 4 saturated carbocycles. The lowest BCUT2D eigenvalue weighted by molar-refractivity contribution is -0.189. The quantitative estimate of drug-likeness (QED) is 0.584. The predicted octanol–water partition coefficient (Wildman–Crippen LogP) is 5.21. The predicted molar refractivity (Wildman–Crippen MR) is 108 cm³/mol. The zero-order chi connectivity index (χ0) is 19.4. The third kappa shape index (κ3) is 1.75. The second kappa shape index (κ2) is 5.40. The minimum absolute atomic E-state index is 0.0635. The Bertz CT molecular complexity index is 790. The van der Waals surface area contributed by atoms with Crippen molar-refractivity contribution in [2.75, 3.05) is 13.2 Å². The summed E-state index contributed by atoms with van der Waals surface area (Å²) in [5.41, 5.74) is 4.21. The number of carbonyl (C=O) groups excluding carboxylic acids is 1. The van der Waals surface area contributed by atoms with Crippen LogP contribution in [0.2, 0.25) is 0 Å². The van der Waals surface area contributed by atoms with Gasteiger partial charge in [-0.1, -0.05) is 31.6 Å². The number of allylic oxidation sites excluding steroid dienone is 2. The molecule has 1 aliphatic heterocycles. The number of ketones is 1. The molecule has 2 bridgehead atoms. The first-order valence-corrected chi connectivity index (χ1v) is 11.6. The van der Waals surface area contributed by atoms with Crippen molar-refractivity contribution in [2.24, 2.45) is 34.0 Å². The average Bonchev–Trinajstić information content (AvgIpc) is 3.30. The fraction of sp³-hybridized carbons (Fsp3) is 0.800. The summed E-state index contributed by atoms with van der Waals surface area (Å²) in [7, 11) is 0. The van der Waals surface area contributed by atoms with Crippen LogP contribution in [0.3, 0.4) is 0 Å². The van der Waals surface area contributed by atoms with Crippen LogP contribution in [0.25, 0.3) is 0 Å². The maximum absolute atomic E-state index is 12.8. The van der Waals surface area contributed by atoms with Crippen LogP contribution in [0.1, 0.15) is 71.6 Å². The summed E-state index contributed by atoms with van der Waals surface area (Å²) in [6, 6.07) is 0. The molecule has 6 rings (SSSR count). The van der Waals surface area contributed by atoms with E-state index in [1.54, 1.807) is 5.57 Å². The molecule has 6 aliphatic rings. The van der Waals surface area contributed by atoms with Crippen molar-refractivity contribution >= 4 is 5.78 Å². The van der Waals surface area contributed by atoms with E-state index >= 15 is 0 Å². The van der Waals surface area contributed by atoms with Crippen molar-refractivity contribution in [1.29, 1.82) is 0 Å². The van der Waals surface area contributed by atoms with Crippen LogP contribution < -0.4 is 0 Å². The van der Waals surface area contributed by atoms with Gasteiger partial charge < -0.3 is 9.47 Å². The standard InChI is InChI=1S/C25H34O3/c1-4-23-9-10-24(14-16(23)2)20-6-5-17-13-21(26)25(27-11-12-28-25)15-19(17)18(20)7-8-22(23,24)3/h13,18-20H,2,4-12,14-15H2,1,3H3/t18-,19+,20-,22-,23-,24?/m1/s1. The van der Waals surface area contributed by atoms with E-state index in [9.17, 15) is 4.79 Å². The number of hydrogen-bond donors (Lipinski definition) is 0. The van der Waals surface area contributed by atoms with E-state index in [4.69, 9.17) is 9.47 Å². The third-order valence-electron chi connectivity index (χ3n) is 10.8. The number of ether oxygens (including phenoxy) is 2. The van der Waals surface area contributed by atoms with Crippen molar-refractivity contribution in [3.63, 3.8) is 0 Å². The zero-order valence-electron chi connectivity index (χ0n) is 17.5. The normalized spacial score (nSPS) is 51.1. The Balaban J connectivity index is 1.40. The number of fused-ring (bicyclic) bond motifs is 3. The maximum Gasteiger partial charge on any atom is 0.233 e. The van der Waals surface area contributed by atoms with Crippen LogP contribution in [0.15, 0.2) is 23.8 Å². The smallest absolute Gasteiger partial charge is 0.233 e. The first kappa shape index (κ1) is 17.9. The lowest BCUT2D eigenvalue weighted by atomic mass is 9.45. The monoisotopic (exact) mass is 382 g/mol. The molecular weight excluding hydrogens is 348 g/mol. The van der Waals surface area contributed by atoms with E-state index in [-0.39, 0.29) is 5.78 Å². The molecule has 0 amide bonds. The summed E-state index contributed by atoms with van der Waals surface area (Å²) in [6.45, 7) is 10.8.